The zero-order valence-corrected chi connectivity index (χ0v) is 21.1. The van der Waals surface area contributed by atoms with E-state index in [4.69, 9.17) is 33.3 Å². The van der Waals surface area contributed by atoms with Crippen LogP contribution in [0.4, 0.5) is 5.69 Å². The van der Waals surface area contributed by atoms with Gasteiger partial charge in [-0.3, -0.25) is 0 Å². The van der Waals surface area contributed by atoms with Crippen molar-refractivity contribution in [1.29, 1.82) is 0 Å². The molecule has 180 valence electrons. The predicted octanol–water partition coefficient (Wildman–Crippen LogP) is 6.02. The molecule has 0 bridgehead atoms. The molecule has 0 aliphatic rings. The van der Waals surface area contributed by atoms with Gasteiger partial charge >= 0.3 is 5.97 Å². The van der Waals surface area contributed by atoms with Crippen LogP contribution in [-0.2, 0) is 4.79 Å². The molecule has 2 aromatic carbocycles. The molecule has 0 heterocycles. The number of carbonyl (C=O) groups is 1. The maximum atomic E-state index is 10.9. The molecule has 0 spiro atoms. The van der Waals surface area contributed by atoms with Crippen molar-refractivity contribution >= 4 is 52.3 Å². The summed E-state index contributed by atoms with van der Waals surface area (Å²) < 4.78 is 0. The van der Waals surface area contributed by atoms with E-state index in [1.54, 1.807) is 30.4 Å². The molecule has 0 saturated heterocycles. The van der Waals surface area contributed by atoms with Crippen molar-refractivity contribution in [1.82, 2.24) is 10.2 Å². The number of amidine groups is 1. The highest BCUT2D eigenvalue weighted by Gasteiger charge is 2.09. The minimum absolute atomic E-state index is 0.526. The van der Waals surface area contributed by atoms with Gasteiger partial charge in [0.25, 0.3) is 0 Å². The Morgan fingerprint density at radius 3 is 2.50 bits per heavy atom. The fraction of sp³-hybridized carbons (Fsp3) is 0.231. The van der Waals surface area contributed by atoms with Crippen LogP contribution in [0, 0.1) is 0 Å². The van der Waals surface area contributed by atoms with Crippen molar-refractivity contribution in [2.24, 2.45) is 4.99 Å². The van der Waals surface area contributed by atoms with Gasteiger partial charge in [-0.15, -0.1) is 0 Å². The highest BCUT2D eigenvalue weighted by molar-refractivity contribution is 6.35. The minimum atomic E-state index is -0.999. The molecule has 3 N–H and O–H groups in total. The minimum Gasteiger partial charge on any atom is -0.478 e. The summed E-state index contributed by atoms with van der Waals surface area (Å²) in [7, 11) is 4.06. The van der Waals surface area contributed by atoms with E-state index in [2.05, 4.69) is 22.1 Å². The number of rotatable bonds is 11. The van der Waals surface area contributed by atoms with Crippen LogP contribution in [-0.4, -0.2) is 49.0 Å². The number of halogens is 2. The number of nitrogens with one attached hydrogen (secondary N) is 2. The van der Waals surface area contributed by atoms with E-state index in [-0.39, 0.29) is 0 Å². The second-order valence-electron chi connectivity index (χ2n) is 7.83. The first-order valence-electron chi connectivity index (χ1n) is 10.7. The molecule has 34 heavy (non-hydrogen) atoms. The highest BCUT2D eigenvalue weighted by atomic mass is 35.5. The molecule has 8 heteroatoms. The molecule has 0 unspecified atom stereocenters. The van der Waals surface area contributed by atoms with Gasteiger partial charge in [0.1, 0.15) is 11.7 Å². The van der Waals surface area contributed by atoms with Crippen molar-refractivity contribution in [2.75, 3.05) is 32.5 Å². The zero-order valence-electron chi connectivity index (χ0n) is 19.6. The summed E-state index contributed by atoms with van der Waals surface area (Å²) >= 11 is 12.2. The monoisotopic (exact) mass is 500 g/mol. The van der Waals surface area contributed by atoms with Gasteiger partial charge in [-0.05, 0) is 75.5 Å². The van der Waals surface area contributed by atoms with E-state index in [1.165, 1.54) is 0 Å². The van der Waals surface area contributed by atoms with Crippen LogP contribution < -0.4 is 10.6 Å². The summed E-state index contributed by atoms with van der Waals surface area (Å²) in [6.45, 7) is 7.48. The number of carboxylic acids is 1. The van der Waals surface area contributed by atoms with Crippen molar-refractivity contribution in [3.05, 3.63) is 88.2 Å². The third-order valence-corrected chi connectivity index (χ3v) is 5.05. The SMILES string of the molecule is C=C/C(=C(\N=C(/C)Nc1cc(Cl)cc(Cl)c1)NCCCN(C)C)c1cccc(/C=C/C(=O)O)c1. The number of benzene rings is 2. The fourth-order valence-corrected chi connectivity index (χ4v) is 3.68. The van der Waals surface area contributed by atoms with Crippen molar-refractivity contribution < 1.29 is 9.90 Å². The number of aliphatic carboxylic acids is 1. The molecular weight excluding hydrogens is 471 g/mol. The summed E-state index contributed by atoms with van der Waals surface area (Å²) in [6.07, 6.45) is 5.32. The molecule has 0 atom stereocenters. The summed E-state index contributed by atoms with van der Waals surface area (Å²) in [5.41, 5.74) is 3.14. The molecule has 0 aromatic heterocycles. The maximum Gasteiger partial charge on any atom is 0.328 e. The number of allylic oxidation sites excluding steroid dienone is 2. The average Bonchev–Trinajstić information content (AvgIpc) is 2.75. The molecular formula is C26H30Cl2N4O2. The third-order valence-electron chi connectivity index (χ3n) is 4.62. The van der Waals surface area contributed by atoms with Gasteiger partial charge in [-0.2, -0.15) is 0 Å². The van der Waals surface area contributed by atoms with E-state index in [0.29, 0.717) is 28.2 Å². The first-order valence-corrected chi connectivity index (χ1v) is 11.5. The topological polar surface area (TPSA) is 77.0 Å². The normalized spacial score (nSPS) is 12.6. The lowest BCUT2D eigenvalue weighted by molar-refractivity contribution is -0.131. The van der Waals surface area contributed by atoms with Crippen LogP contribution in [0.3, 0.4) is 0 Å². The van der Waals surface area contributed by atoms with Gasteiger partial charge in [0, 0.05) is 33.9 Å². The van der Waals surface area contributed by atoms with Crippen LogP contribution in [0.2, 0.25) is 10.0 Å². The summed E-state index contributed by atoms with van der Waals surface area (Å²) in [5, 5.41) is 16.6. The highest BCUT2D eigenvalue weighted by Crippen LogP contribution is 2.24. The quantitative estimate of drug-likeness (QED) is 0.115. The lowest BCUT2D eigenvalue weighted by Crippen LogP contribution is -2.22. The van der Waals surface area contributed by atoms with E-state index in [0.717, 1.165) is 41.4 Å². The Bertz CT molecular complexity index is 1090. The Balaban J connectivity index is 2.43. The first-order chi connectivity index (χ1) is 16.2. The fourth-order valence-electron chi connectivity index (χ4n) is 3.16. The average molecular weight is 501 g/mol. The number of aliphatic imine (C=N–C) groups is 1. The molecule has 2 aromatic rings. The van der Waals surface area contributed by atoms with Crippen molar-refractivity contribution in [2.45, 2.75) is 13.3 Å². The van der Waals surface area contributed by atoms with E-state index >= 15 is 0 Å². The number of hydrogen-bond donors (Lipinski definition) is 3. The van der Waals surface area contributed by atoms with E-state index in [9.17, 15) is 4.79 Å². The second-order valence-corrected chi connectivity index (χ2v) is 8.70. The Morgan fingerprint density at radius 1 is 1.18 bits per heavy atom. The van der Waals surface area contributed by atoms with Crippen molar-refractivity contribution in [3.8, 4) is 0 Å². The number of hydrogen-bond acceptors (Lipinski definition) is 4. The molecule has 0 aliphatic heterocycles. The second kappa shape index (κ2) is 13.6. The standard InChI is InChI=1S/C26H30Cl2N4O2/c1-5-24(20-9-6-8-19(14-20)10-11-25(33)34)26(29-12-7-13-32(3)4)31-18(2)30-23-16-21(27)15-22(28)17-23/h5-6,8-11,14-17,29H,1,7,12-13H2,2-4H3,(H,30,31)(H,33,34)/b11-10+,26-24+. The van der Waals surface area contributed by atoms with Gasteiger partial charge in [-0.25, -0.2) is 9.79 Å². The van der Waals surface area contributed by atoms with Crippen molar-refractivity contribution in [3.63, 3.8) is 0 Å². The van der Waals surface area contributed by atoms with Crippen LogP contribution in [0.25, 0.3) is 11.6 Å². The Morgan fingerprint density at radius 2 is 1.88 bits per heavy atom. The van der Waals surface area contributed by atoms with Crippen LogP contribution in [0.1, 0.15) is 24.5 Å². The Labute approximate surface area is 211 Å². The van der Waals surface area contributed by atoms with Crippen LogP contribution >= 0.6 is 23.2 Å². The maximum absolute atomic E-state index is 10.9. The molecule has 2 rings (SSSR count). The molecule has 0 aliphatic carbocycles. The molecule has 0 fully saturated rings. The summed E-state index contributed by atoms with van der Waals surface area (Å²) in [5.74, 6) is 0.279. The Hall–Kier alpha value is -3.06. The molecule has 0 saturated carbocycles. The van der Waals surface area contributed by atoms with Gasteiger partial charge in [-0.1, -0.05) is 54.1 Å². The van der Waals surface area contributed by atoms with Crippen LogP contribution in [0.5, 0.6) is 0 Å². The summed E-state index contributed by atoms with van der Waals surface area (Å²) in [4.78, 5) is 17.8. The summed E-state index contributed by atoms with van der Waals surface area (Å²) in [6, 6.07) is 12.7. The number of carboxylic acid groups (broad SMARTS) is 1. The molecule has 6 nitrogen and oxygen atoms in total. The van der Waals surface area contributed by atoms with E-state index in [1.807, 2.05) is 45.3 Å². The Kier molecular flexibility index (Phi) is 10.9. The number of nitrogens with zero attached hydrogens (tertiary/aromatic N) is 2. The lowest BCUT2D eigenvalue weighted by atomic mass is 10.0. The molecule has 0 radical (unpaired) electrons. The van der Waals surface area contributed by atoms with Gasteiger partial charge in [0.15, 0.2) is 0 Å². The predicted molar refractivity (Wildman–Crippen MR) is 145 cm³/mol. The van der Waals surface area contributed by atoms with E-state index < -0.39 is 5.97 Å². The van der Waals surface area contributed by atoms with Gasteiger partial charge in [0.05, 0.1) is 0 Å². The lowest BCUT2D eigenvalue weighted by Gasteiger charge is -2.15. The zero-order chi connectivity index (χ0) is 25.1. The van der Waals surface area contributed by atoms with Gasteiger partial charge < -0.3 is 20.6 Å². The van der Waals surface area contributed by atoms with Crippen LogP contribution in [0.15, 0.2) is 72.0 Å². The van der Waals surface area contributed by atoms with Gasteiger partial charge in [0.2, 0.25) is 0 Å². The number of anilines is 1. The largest absolute Gasteiger partial charge is 0.478 e. The third kappa shape index (κ3) is 9.43. The molecule has 0 amide bonds. The smallest absolute Gasteiger partial charge is 0.328 e. The first kappa shape index (κ1) is 27.2.